The van der Waals surface area contributed by atoms with Crippen molar-refractivity contribution < 1.29 is 14.3 Å². The van der Waals surface area contributed by atoms with Crippen LogP contribution < -0.4 is 9.47 Å². The average Bonchev–Trinajstić information content (AvgIpc) is 3.15. The molecule has 1 fully saturated rings. The first-order valence-corrected chi connectivity index (χ1v) is 9.88. The first-order chi connectivity index (χ1) is 14.1. The minimum atomic E-state index is -0.491. The summed E-state index contributed by atoms with van der Waals surface area (Å²) in [6.45, 7) is 5.54. The van der Waals surface area contributed by atoms with Crippen LogP contribution in [0.1, 0.15) is 12.7 Å². The highest BCUT2D eigenvalue weighted by Crippen LogP contribution is 2.20. The van der Waals surface area contributed by atoms with Crippen LogP contribution in [0.3, 0.4) is 0 Å². The molecule has 4 rings (SSSR count). The fraction of sp³-hybridized carbons (Fsp3) is 0.364. The van der Waals surface area contributed by atoms with Crippen molar-refractivity contribution in [2.75, 3.05) is 33.3 Å². The molecule has 1 amide bonds. The third kappa shape index (κ3) is 4.51. The Hall–Kier alpha value is -3.06. The smallest absolute Gasteiger partial charge is 0.263 e. The van der Waals surface area contributed by atoms with Crippen molar-refractivity contribution in [3.8, 4) is 11.5 Å². The van der Waals surface area contributed by atoms with Gasteiger partial charge in [-0.05, 0) is 31.2 Å². The van der Waals surface area contributed by atoms with Crippen LogP contribution in [0.4, 0.5) is 0 Å². The van der Waals surface area contributed by atoms with Crippen molar-refractivity contribution in [3.05, 3.63) is 54.4 Å². The molecule has 7 heteroatoms. The molecule has 1 aromatic heterocycles. The lowest BCUT2D eigenvalue weighted by molar-refractivity contribution is -0.139. The molecule has 1 aliphatic heterocycles. The number of benzene rings is 2. The maximum atomic E-state index is 12.7. The number of hydrogen-bond donors (Lipinski definition) is 1. The van der Waals surface area contributed by atoms with Crippen LogP contribution in [0.15, 0.2) is 48.5 Å². The molecular formula is C22H26N4O3. The van der Waals surface area contributed by atoms with Gasteiger partial charge in [0.2, 0.25) is 0 Å². The van der Waals surface area contributed by atoms with E-state index >= 15 is 0 Å². The number of rotatable bonds is 6. The number of carbonyl (C=O) groups is 1. The number of piperazine rings is 1. The first kappa shape index (κ1) is 19.3. The van der Waals surface area contributed by atoms with E-state index in [0.29, 0.717) is 18.8 Å². The summed E-state index contributed by atoms with van der Waals surface area (Å²) < 4.78 is 11.0. The molecule has 0 aliphatic carbocycles. The van der Waals surface area contributed by atoms with Crippen molar-refractivity contribution in [1.82, 2.24) is 19.8 Å². The maximum absolute atomic E-state index is 12.7. The molecule has 7 nitrogen and oxygen atoms in total. The highest BCUT2D eigenvalue weighted by molar-refractivity contribution is 5.81. The number of carbonyl (C=O) groups excluding carboxylic acids is 1. The van der Waals surface area contributed by atoms with Crippen molar-refractivity contribution in [3.63, 3.8) is 0 Å². The fourth-order valence-electron chi connectivity index (χ4n) is 3.59. The molecule has 1 unspecified atom stereocenters. The highest BCUT2D eigenvalue weighted by Gasteiger charge is 2.26. The summed E-state index contributed by atoms with van der Waals surface area (Å²) >= 11 is 0. The Morgan fingerprint density at radius 3 is 2.59 bits per heavy atom. The summed E-state index contributed by atoms with van der Waals surface area (Å²) in [6, 6.07) is 15.3. The topological polar surface area (TPSA) is 70.7 Å². The van der Waals surface area contributed by atoms with Gasteiger partial charge >= 0.3 is 0 Å². The predicted octanol–water partition coefficient (Wildman–Crippen LogP) is 2.68. The van der Waals surface area contributed by atoms with Gasteiger partial charge in [-0.3, -0.25) is 9.69 Å². The van der Waals surface area contributed by atoms with E-state index in [4.69, 9.17) is 9.47 Å². The lowest BCUT2D eigenvalue weighted by Gasteiger charge is -2.35. The van der Waals surface area contributed by atoms with Crippen LogP contribution in [0.2, 0.25) is 0 Å². The highest BCUT2D eigenvalue weighted by atomic mass is 16.5. The fourth-order valence-corrected chi connectivity index (χ4v) is 3.59. The monoisotopic (exact) mass is 394 g/mol. The summed E-state index contributed by atoms with van der Waals surface area (Å²) in [5.41, 5.74) is 1.90. The Balaban J connectivity index is 1.30. The molecule has 152 valence electrons. The van der Waals surface area contributed by atoms with Gasteiger partial charge in [0.25, 0.3) is 5.91 Å². The van der Waals surface area contributed by atoms with Gasteiger partial charge in [0.1, 0.15) is 17.3 Å². The zero-order valence-electron chi connectivity index (χ0n) is 16.8. The van der Waals surface area contributed by atoms with Crippen LogP contribution in [0, 0.1) is 0 Å². The van der Waals surface area contributed by atoms with Gasteiger partial charge in [0.05, 0.1) is 24.7 Å². The summed E-state index contributed by atoms with van der Waals surface area (Å²) in [7, 11) is 1.66. The van der Waals surface area contributed by atoms with E-state index in [1.807, 2.05) is 60.4 Å². The number of amides is 1. The second-order valence-corrected chi connectivity index (χ2v) is 7.24. The molecule has 1 atom stereocenters. The van der Waals surface area contributed by atoms with Gasteiger partial charge in [-0.1, -0.05) is 18.2 Å². The standard InChI is InChI=1S/C22H26N4O3/c1-16(29-17-6-4-3-5-7-17)22(27)26-12-10-25(11-13-26)15-21-23-19-9-8-18(28-2)14-20(19)24-21/h3-9,14,16H,10-13,15H2,1-2H3,(H,23,24). The number of fused-ring (bicyclic) bond motifs is 1. The van der Waals surface area contributed by atoms with Crippen molar-refractivity contribution in [2.45, 2.75) is 19.6 Å². The molecule has 0 bridgehead atoms. The quantitative estimate of drug-likeness (QED) is 0.696. The number of aromatic nitrogens is 2. The molecule has 3 aromatic rings. The van der Waals surface area contributed by atoms with Gasteiger partial charge in [-0.25, -0.2) is 4.98 Å². The Bertz CT molecular complexity index is 965. The second kappa shape index (κ2) is 8.53. The third-order valence-electron chi connectivity index (χ3n) is 5.20. The average molecular weight is 394 g/mol. The number of hydrogen-bond acceptors (Lipinski definition) is 5. The lowest BCUT2D eigenvalue weighted by atomic mass is 10.2. The van der Waals surface area contributed by atoms with Gasteiger partial charge in [-0.15, -0.1) is 0 Å². The molecule has 0 saturated carbocycles. The molecule has 1 N–H and O–H groups in total. The van der Waals surface area contributed by atoms with Crippen molar-refractivity contribution in [1.29, 1.82) is 0 Å². The van der Waals surface area contributed by atoms with E-state index in [-0.39, 0.29) is 5.91 Å². The largest absolute Gasteiger partial charge is 0.497 e. The minimum Gasteiger partial charge on any atom is -0.497 e. The normalized spacial score (nSPS) is 16.0. The number of imidazole rings is 1. The van der Waals surface area contributed by atoms with E-state index in [2.05, 4.69) is 14.9 Å². The predicted molar refractivity (Wildman–Crippen MR) is 111 cm³/mol. The number of aromatic amines is 1. The zero-order chi connectivity index (χ0) is 20.2. The van der Waals surface area contributed by atoms with Gasteiger partial charge in [0.15, 0.2) is 6.10 Å². The summed E-state index contributed by atoms with van der Waals surface area (Å²) in [5, 5.41) is 0. The molecule has 0 radical (unpaired) electrons. The minimum absolute atomic E-state index is 0.0318. The van der Waals surface area contributed by atoms with Gasteiger partial charge in [0, 0.05) is 32.2 Å². The Morgan fingerprint density at radius 1 is 1.10 bits per heavy atom. The summed E-state index contributed by atoms with van der Waals surface area (Å²) in [4.78, 5) is 24.9. The SMILES string of the molecule is COc1ccc2nc(CN3CCN(C(=O)C(C)Oc4ccccc4)CC3)[nH]c2c1. The summed E-state index contributed by atoms with van der Waals surface area (Å²) in [6.07, 6.45) is -0.491. The number of nitrogens with zero attached hydrogens (tertiary/aromatic N) is 3. The molecule has 2 aromatic carbocycles. The van der Waals surface area contributed by atoms with Crippen LogP contribution in [-0.4, -0.2) is 65.1 Å². The number of ether oxygens (including phenoxy) is 2. The van der Waals surface area contributed by atoms with Crippen LogP contribution in [0.25, 0.3) is 11.0 Å². The Kier molecular flexibility index (Phi) is 5.67. The molecule has 0 spiro atoms. The second-order valence-electron chi connectivity index (χ2n) is 7.24. The first-order valence-electron chi connectivity index (χ1n) is 9.88. The molecule has 29 heavy (non-hydrogen) atoms. The van der Waals surface area contributed by atoms with Crippen molar-refractivity contribution >= 4 is 16.9 Å². The van der Waals surface area contributed by atoms with Crippen LogP contribution >= 0.6 is 0 Å². The summed E-state index contributed by atoms with van der Waals surface area (Å²) in [5.74, 6) is 2.48. The van der Waals surface area contributed by atoms with Gasteiger partial charge < -0.3 is 19.4 Å². The lowest BCUT2D eigenvalue weighted by Crippen LogP contribution is -2.51. The van der Waals surface area contributed by atoms with E-state index in [1.165, 1.54) is 0 Å². The van der Waals surface area contributed by atoms with E-state index in [1.54, 1.807) is 7.11 Å². The number of methoxy groups -OCH3 is 1. The van der Waals surface area contributed by atoms with Crippen LogP contribution in [-0.2, 0) is 11.3 Å². The zero-order valence-corrected chi connectivity index (χ0v) is 16.8. The third-order valence-corrected chi connectivity index (χ3v) is 5.20. The number of H-pyrrole nitrogens is 1. The van der Waals surface area contributed by atoms with Crippen LogP contribution in [0.5, 0.6) is 11.5 Å². The molecule has 1 aliphatic rings. The van der Waals surface area contributed by atoms with Gasteiger partial charge in [-0.2, -0.15) is 0 Å². The van der Waals surface area contributed by atoms with E-state index in [0.717, 1.165) is 42.2 Å². The Morgan fingerprint density at radius 2 is 1.86 bits per heavy atom. The number of nitrogens with one attached hydrogen (secondary N) is 1. The molecule has 2 heterocycles. The number of para-hydroxylation sites is 1. The van der Waals surface area contributed by atoms with E-state index in [9.17, 15) is 4.79 Å². The molecular weight excluding hydrogens is 368 g/mol. The maximum Gasteiger partial charge on any atom is 0.263 e. The Labute approximate surface area is 170 Å². The van der Waals surface area contributed by atoms with E-state index < -0.39 is 6.10 Å². The molecule has 1 saturated heterocycles. The van der Waals surface area contributed by atoms with Crippen molar-refractivity contribution in [2.24, 2.45) is 0 Å².